The molecule has 3 heteroatoms. The maximum atomic E-state index is 5.26. The van der Waals surface area contributed by atoms with Crippen LogP contribution in [-0.4, -0.2) is 39.9 Å². The summed E-state index contributed by atoms with van der Waals surface area (Å²) >= 11 is 0. The van der Waals surface area contributed by atoms with Crippen LogP contribution in [0.4, 0.5) is 5.69 Å². The number of anilines is 1. The van der Waals surface area contributed by atoms with Crippen molar-refractivity contribution < 1.29 is 4.74 Å². The van der Waals surface area contributed by atoms with E-state index in [0.717, 1.165) is 31.5 Å². The molecule has 122 valence electrons. The SMILES string of the molecule is COCCC1CCCN(c2cccc(C3CCNCC3)c2)C1. The number of benzene rings is 1. The molecule has 0 spiro atoms. The van der Waals surface area contributed by atoms with E-state index in [4.69, 9.17) is 4.74 Å². The minimum Gasteiger partial charge on any atom is -0.385 e. The first-order valence-electron chi connectivity index (χ1n) is 8.91. The minimum atomic E-state index is 0.746. The maximum absolute atomic E-state index is 5.26. The smallest absolute Gasteiger partial charge is 0.0465 e. The number of piperidine rings is 2. The fourth-order valence-corrected chi connectivity index (χ4v) is 3.95. The van der Waals surface area contributed by atoms with E-state index >= 15 is 0 Å². The Hall–Kier alpha value is -1.06. The highest BCUT2D eigenvalue weighted by Crippen LogP contribution is 2.30. The van der Waals surface area contributed by atoms with E-state index in [9.17, 15) is 0 Å². The van der Waals surface area contributed by atoms with Crippen molar-refractivity contribution in [1.82, 2.24) is 5.32 Å². The molecule has 1 unspecified atom stereocenters. The molecule has 0 bridgehead atoms. The number of ether oxygens (including phenoxy) is 1. The van der Waals surface area contributed by atoms with Gasteiger partial charge >= 0.3 is 0 Å². The summed E-state index contributed by atoms with van der Waals surface area (Å²) in [5.41, 5.74) is 2.97. The summed E-state index contributed by atoms with van der Waals surface area (Å²) in [6.45, 7) is 5.63. The highest BCUT2D eigenvalue weighted by molar-refractivity contribution is 5.49. The van der Waals surface area contributed by atoms with Crippen molar-refractivity contribution in [2.24, 2.45) is 5.92 Å². The molecule has 2 saturated heterocycles. The van der Waals surface area contributed by atoms with Crippen LogP contribution in [0.1, 0.15) is 43.6 Å². The first kappa shape index (κ1) is 15.8. The number of hydrogen-bond acceptors (Lipinski definition) is 3. The fourth-order valence-electron chi connectivity index (χ4n) is 3.95. The lowest BCUT2D eigenvalue weighted by Gasteiger charge is -2.35. The van der Waals surface area contributed by atoms with Gasteiger partial charge in [0.1, 0.15) is 0 Å². The van der Waals surface area contributed by atoms with Gasteiger partial charge < -0.3 is 15.0 Å². The minimum absolute atomic E-state index is 0.746. The van der Waals surface area contributed by atoms with Crippen molar-refractivity contribution in [3.05, 3.63) is 29.8 Å². The Morgan fingerprint density at radius 3 is 2.91 bits per heavy atom. The van der Waals surface area contributed by atoms with Gasteiger partial charge in [0.15, 0.2) is 0 Å². The van der Waals surface area contributed by atoms with Gasteiger partial charge in [0.25, 0.3) is 0 Å². The van der Waals surface area contributed by atoms with Crippen LogP contribution in [0.5, 0.6) is 0 Å². The molecule has 0 radical (unpaired) electrons. The van der Waals surface area contributed by atoms with Gasteiger partial charge in [-0.3, -0.25) is 0 Å². The van der Waals surface area contributed by atoms with Crippen molar-refractivity contribution in [1.29, 1.82) is 0 Å². The Labute approximate surface area is 135 Å². The van der Waals surface area contributed by atoms with Gasteiger partial charge in [0.05, 0.1) is 0 Å². The Balaban J connectivity index is 1.65. The molecule has 1 aromatic carbocycles. The highest BCUT2D eigenvalue weighted by Gasteiger charge is 2.21. The van der Waals surface area contributed by atoms with Crippen molar-refractivity contribution in [2.75, 3.05) is 44.8 Å². The number of methoxy groups -OCH3 is 1. The van der Waals surface area contributed by atoms with Crippen molar-refractivity contribution in [3.63, 3.8) is 0 Å². The van der Waals surface area contributed by atoms with Crippen LogP contribution >= 0.6 is 0 Å². The second-order valence-corrected chi connectivity index (χ2v) is 6.86. The largest absolute Gasteiger partial charge is 0.385 e. The monoisotopic (exact) mass is 302 g/mol. The molecule has 0 aliphatic carbocycles. The topological polar surface area (TPSA) is 24.5 Å². The molecule has 22 heavy (non-hydrogen) atoms. The third-order valence-electron chi connectivity index (χ3n) is 5.30. The summed E-state index contributed by atoms with van der Waals surface area (Å²) in [4.78, 5) is 2.59. The van der Waals surface area contributed by atoms with E-state index in [2.05, 4.69) is 34.5 Å². The van der Waals surface area contributed by atoms with Crippen LogP contribution in [0.3, 0.4) is 0 Å². The molecule has 0 aromatic heterocycles. The summed E-state index contributed by atoms with van der Waals surface area (Å²) in [6.07, 6.45) is 6.42. The van der Waals surface area contributed by atoms with Crippen molar-refractivity contribution in [3.8, 4) is 0 Å². The number of nitrogens with one attached hydrogen (secondary N) is 1. The summed E-state index contributed by atoms with van der Waals surface area (Å²) in [7, 11) is 1.81. The van der Waals surface area contributed by atoms with E-state index in [-0.39, 0.29) is 0 Å². The predicted molar refractivity (Wildman–Crippen MR) is 92.7 cm³/mol. The van der Waals surface area contributed by atoms with E-state index in [1.807, 2.05) is 7.11 Å². The van der Waals surface area contributed by atoms with Gasteiger partial charge in [-0.15, -0.1) is 0 Å². The molecule has 3 rings (SSSR count). The summed E-state index contributed by atoms with van der Waals surface area (Å²) < 4.78 is 5.26. The zero-order chi connectivity index (χ0) is 15.2. The average molecular weight is 302 g/mol. The first-order chi connectivity index (χ1) is 10.9. The lowest BCUT2D eigenvalue weighted by Crippen LogP contribution is -2.36. The number of nitrogens with zero attached hydrogens (tertiary/aromatic N) is 1. The van der Waals surface area contributed by atoms with E-state index < -0.39 is 0 Å². The summed E-state index contributed by atoms with van der Waals surface area (Å²) in [5, 5.41) is 3.47. The molecular weight excluding hydrogens is 272 g/mol. The van der Waals surface area contributed by atoms with E-state index in [0.29, 0.717) is 0 Å². The molecule has 2 fully saturated rings. The van der Waals surface area contributed by atoms with Gasteiger partial charge in [0, 0.05) is 32.5 Å². The van der Waals surface area contributed by atoms with Gasteiger partial charge in [0.2, 0.25) is 0 Å². The van der Waals surface area contributed by atoms with Crippen LogP contribution in [0.15, 0.2) is 24.3 Å². The molecular formula is C19H30N2O. The Morgan fingerprint density at radius 1 is 1.23 bits per heavy atom. The first-order valence-corrected chi connectivity index (χ1v) is 8.91. The van der Waals surface area contributed by atoms with Crippen molar-refractivity contribution >= 4 is 5.69 Å². The van der Waals surface area contributed by atoms with E-state index in [1.165, 1.54) is 56.4 Å². The molecule has 1 atom stereocenters. The molecule has 2 aliphatic heterocycles. The molecule has 1 N–H and O–H groups in total. The predicted octanol–water partition coefficient (Wildman–Crippen LogP) is 3.41. The Kier molecular flexibility index (Phi) is 5.74. The van der Waals surface area contributed by atoms with E-state index in [1.54, 1.807) is 0 Å². The standard InChI is InChI=1S/C19H30N2O/c1-22-13-9-16-4-3-12-21(15-16)19-6-2-5-18(14-19)17-7-10-20-11-8-17/h2,5-6,14,16-17,20H,3-4,7-13,15H2,1H3. The fraction of sp³-hybridized carbons (Fsp3) is 0.684. The van der Waals surface area contributed by atoms with Gasteiger partial charge in [-0.05, 0) is 74.7 Å². The third kappa shape index (κ3) is 4.02. The quantitative estimate of drug-likeness (QED) is 0.902. The van der Waals surface area contributed by atoms with Crippen LogP contribution in [0.25, 0.3) is 0 Å². The molecule has 0 saturated carbocycles. The third-order valence-corrected chi connectivity index (χ3v) is 5.30. The number of hydrogen-bond donors (Lipinski definition) is 1. The lowest BCUT2D eigenvalue weighted by molar-refractivity contribution is 0.172. The molecule has 2 heterocycles. The molecule has 3 nitrogen and oxygen atoms in total. The zero-order valence-corrected chi connectivity index (χ0v) is 13.9. The summed E-state index contributed by atoms with van der Waals surface area (Å²) in [6, 6.07) is 9.33. The van der Waals surface area contributed by atoms with Crippen molar-refractivity contribution in [2.45, 2.75) is 38.0 Å². The summed E-state index contributed by atoms with van der Waals surface area (Å²) in [5.74, 6) is 1.53. The normalized spacial score (nSPS) is 23.7. The van der Waals surface area contributed by atoms with Gasteiger partial charge in [-0.2, -0.15) is 0 Å². The van der Waals surface area contributed by atoms with Crippen LogP contribution in [-0.2, 0) is 4.74 Å². The van der Waals surface area contributed by atoms with Gasteiger partial charge in [-0.1, -0.05) is 12.1 Å². The maximum Gasteiger partial charge on any atom is 0.0465 e. The lowest BCUT2D eigenvalue weighted by atomic mass is 9.89. The molecule has 0 amide bonds. The van der Waals surface area contributed by atoms with Crippen LogP contribution in [0, 0.1) is 5.92 Å². The highest BCUT2D eigenvalue weighted by atomic mass is 16.5. The Bertz CT molecular complexity index is 457. The average Bonchev–Trinajstić information content (AvgIpc) is 2.61. The van der Waals surface area contributed by atoms with Gasteiger partial charge in [-0.25, -0.2) is 0 Å². The van der Waals surface area contributed by atoms with Crippen LogP contribution < -0.4 is 10.2 Å². The number of rotatable bonds is 5. The molecule has 1 aromatic rings. The second kappa shape index (κ2) is 7.98. The van der Waals surface area contributed by atoms with Crippen LogP contribution in [0.2, 0.25) is 0 Å². The zero-order valence-electron chi connectivity index (χ0n) is 13.9. The molecule has 2 aliphatic rings. The Morgan fingerprint density at radius 2 is 2.09 bits per heavy atom. The second-order valence-electron chi connectivity index (χ2n) is 6.86.